The Labute approximate surface area is 187 Å². The normalized spacial score (nSPS) is 10.8. The molecule has 0 saturated heterocycles. The Morgan fingerprint density at radius 1 is 0.871 bits per heavy atom. The zero-order valence-electron chi connectivity index (χ0n) is 17.3. The summed E-state index contributed by atoms with van der Waals surface area (Å²) in [4.78, 5) is 15.5. The first-order valence-electron chi connectivity index (χ1n) is 9.75. The van der Waals surface area contributed by atoms with Crippen LogP contribution < -0.4 is 0 Å². The minimum atomic E-state index is -0.938. The van der Waals surface area contributed by atoms with E-state index in [1.807, 2.05) is 24.4 Å². The smallest absolute Gasteiger partial charge is 0.335 e. The second-order valence-corrected chi connectivity index (χ2v) is 7.19. The van der Waals surface area contributed by atoms with Gasteiger partial charge in [0.25, 0.3) is 0 Å². The van der Waals surface area contributed by atoms with Crippen LogP contribution in [0.2, 0.25) is 0 Å². The summed E-state index contributed by atoms with van der Waals surface area (Å²) in [6, 6.07) is 27.5. The molecule has 1 aromatic heterocycles. The number of rotatable bonds is 5. The minimum Gasteiger partial charge on any atom is -0.478 e. The first-order valence-corrected chi connectivity index (χ1v) is 9.75. The fraction of sp³-hybridized carbons (Fsp3) is 0.0769. The SMILES string of the molecule is Cc1cc(C=Nc2ccc(C(=O)O)cc2)c(C)n1-c1ccc(-c2ccccc2)cc1.Cl. The monoisotopic (exact) mass is 430 g/mol. The van der Waals surface area contributed by atoms with Crippen molar-refractivity contribution in [2.24, 2.45) is 4.99 Å². The standard InChI is InChI=1S/C26H22N2O2.ClH/c1-18-16-23(17-27-24-12-8-22(9-13-24)26(29)30)19(2)28(18)25-14-10-21(11-15-25)20-6-4-3-5-7-20;/h3-17H,1-2H3,(H,29,30);1H. The Morgan fingerprint density at radius 2 is 1.48 bits per heavy atom. The number of halogens is 1. The van der Waals surface area contributed by atoms with Crippen LogP contribution in [0.5, 0.6) is 0 Å². The molecule has 4 aromatic rings. The molecule has 0 aliphatic carbocycles. The van der Waals surface area contributed by atoms with E-state index in [2.05, 4.69) is 65.9 Å². The van der Waals surface area contributed by atoms with Crippen molar-refractivity contribution >= 4 is 30.3 Å². The molecule has 31 heavy (non-hydrogen) atoms. The van der Waals surface area contributed by atoms with Gasteiger partial charge in [0.15, 0.2) is 0 Å². The first-order chi connectivity index (χ1) is 14.5. The van der Waals surface area contributed by atoms with Crippen LogP contribution in [-0.2, 0) is 0 Å². The lowest BCUT2D eigenvalue weighted by molar-refractivity contribution is 0.0697. The van der Waals surface area contributed by atoms with Crippen molar-refractivity contribution in [2.45, 2.75) is 13.8 Å². The largest absolute Gasteiger partial charge is 0.478 e. The van der Waals surface area contributed by atoms with E-state index in [-0.39, 0.29) is 18.0 Å². The first kappa shape index (κ1) is 22.1. The van der Waals surface area contributed by atoms with Crippen LogP contribution >= 0.6 is 12.4 Å². The molecule has 156 valence electrons. The average Bonchev–Trinajstić information content (AvgIpc) is 3.06. The number of aromatic nitrogens is 1. The third kappa shape index (κ3) is 4.76. The van der Waals surface area contributed by atoms with Crippen LogP contribution in [-0.4, -0.2) is 21.9 Å². The number of carboxylic acids is 1. The van der Waals surface area contributed by atoms with E-state index < -0.39 is 5.97 Å². The van der Waals surface area contributed by atoms with E-state index in [0.717, 1.165) is 28.3 Å². The van der Waals surface area contributed by atoms with E-state index in [4.69, 9.17) is 5.11 Å². The van der Waals surface area contributed by atoms with Gasteiger partial charge in [-0.05, 0) is 67.4 Å². The van der Waals surface area contributed by atoms with Gasteiger partial charge in [-0.1, -0.05) is 42.5 Å². The molecule has 0 saturated carbocycles. The van der Waals surface area contributed by atoms with Gasteiger partial charge in [0.05, 0.1) is 11.3 Å². The van der Waals surface area contributed by atoms with Crippen molar-refractivity contribution in [3.8, 4) is 16.8 Å². The summed E-state index contributed by atoms with van der Waals surface area (Å²) >= 11 is 0. The highest BCUT2D eigenvalue weighted by Gasteiger charge is 2.10. The van der Waals surface area contributed by atoms with E-state index in [1.54, 1.807) is 24.3 Å². The molecule has 0 atom stereocenters. The molecule has 3 aromatic carbocycles. The summed E-state index contributed by atoms with van der Waals surface area (Å²) in [5.74, 6) is -0.938. The third-order valence-corrected chi connectivity index (χ3v) is 5.17. The van der Waals surface area contributed by atoms with Gasteiger partial charge >= 0.3 is 5.97 Å². The van der Waals surface area contributed by atoms with Crippen molar-refractivity contribution < 1.29 is 9.90 Å². The summed E-state index contributed by atoms with van der Waals surface area (Å²) in [5.41, 5.74) is 7.73. The second-order valence-electron chi connectivity index (χ2n) is 7.19. The van der Waals surface area contributed by atoms with E-state index in [1.165, 1.54) is 11.1 Å². The van der Waals surface area contributed by atoms with Crippen LogP contribution in [0, 0.1) is 13.8 Å². The molecule has 0 amide bonds. The fourth-order valence-corrected chi connectivity index (χ4v) is 3.58. The van der Waals surface area contributed by atoms with Crippen LogP contribution in [0.15, 0.2) is 89.9 Å². The van der Waals surface area contributed by atoms with Gasteiger partial charge < -0.3 is 9.67 Å². The molecular formula is C26H23ClN2O2. The lowest BCUT2D eigenvalue weighted by atomic mass is 10.1. The predicted octanol–water partition coefficient (Wildman–Crippen LogP) is 6.63. The van der Waals surface area contributed by atoms with Crippen LogP contribution in [0.1, 0.15) is 27.3 Å². The number of hydrogen-bond donors (Lipinski definition) is 1. The van der Waals surface area contributed by atoms with Crippen molar-refractivity contribution in [3.63, 3.8) is 0 Å². The average molecular weight is 431 g/mol. The van der Waals surface area contributed by atoms with Crippen molar-refractivity contribution in [1.29, 1.82) is 0 Å². The number of benzene rings is 3. The predicted molar refractivity (Wildman–Crippen MR) is 129 cm³/mol. The molecule has 0 spiro atoms. The lowest BCUT2D eigenvalue weighted by Gasteiger charge is -2.11. The number of nitrogens with zero attached hydrogens (tertiary/aromatic N) is 2. The van der Waals surface area contributed by atoms with Gasteiger partial charge in [0.2, 0.25) is 0 Å². The number of carboxylic acid groups (broad SMARTS) is 1. The maximum atomic E-state index is 11.0. The molecule has 4 rings (SSSR count). The van der Waals surface area contributed by atoms with Gasteiger partial charge in [-0.25, -0.2) is 4.79 Å². The van der Waals surface area contributed by atoms with Gasteiger partial charge in [0, 0.05) is 28.9 Å². The third-order valence-electron chi connectivity index (χ3n) is 5.17. The zero-order valence-corrected chi connectivity index (χ0v) is 18.1. The summed E-state index contributed by atoms with van der Waals surface area (Å²) < 4.78 is 2.21. The van der Waals surface area contributed by atoms with Gasteiger partial charge in [-0.15, -0.1) is 12.4 Å². The number of carbonyl (C=O) groups is 1. The second kappa shape index (κ2) is 9.45. The highest BCUT2D eigenvalue weighted by atomic mass is 35.5. The lowest BCUT2D eigenvalue weighted by Crippen LogP contribution is -1.99. The van der Waals surface area contributed by atoms with E-state index in [0.29, 0.717) is 0 Å². The zero-order chi connectivity index (χ0) is 21.1. The molecule has 0 bridgehead atoms. The molecular weight excluding hydrogens is 408 g/mol. The molecule has 0 aliphatic rings. The van der Waals surface area contributed by atoms with E-state index in [9.17, 15) is 4.79 Å². The molecule has 0 radical (unpaired) electrons. The molecule has 0 aliphatic heterocycles. The molecule has 0 fully saturated rings. The quantitative estimate of drug-likeness (QED) is 0.361. The minimum absolute atomic E-state index is 0. The number of aliphatic imine (C=N–C) groups is 1. The Bertz CT molecular complexity index is 1210. The Hall–Kier alpha value is -3.63. The van der Waals surface area contributed by atoms with Crippen LogP contribution in [0.4, 0.5) is 5.69 Å². The van der Waals surface area contributed by atoms with Crippen LogP contribution in [0.25, 0.3) is 16.8 Å². The Morgan fingerprint density at radius 3 is 2.10 bits per heavy atom. The van der Waals surface area contributed by atoms with Gasteiger partial charge in [-0.2, -0.15) is 0 Å². The molecule has 4 nitrogen and oxygen atoms in total. The molecule has 1 N–H and O–H groups in total. The topological polar surface area (TPSA) is 54.6 Å². The fourth-order valence-electron chi connectivity index (χ4n) is 3.58. The number of hydrogen-bond acceptors (Lipinski definition) is 2. The van der Waals surface area contributed by atoms with Crippen molar-refractivity contribution in [1.82, 2.24) is 4.57 Å². The number of aromatic carboxylic acids is 1. The Balaban J connectivity index is 0.00000272. The summed E-state index contributed by atoms with van der Waals surface area (Å²) in [7, 11) is 0. The Kier molecular flexibility index (Phi) is 6.73. The highest BCUT2D eigenvalue weighted by Crippen LogP contribution is 2.24. The van der Waals surface area contributed by atoms with E-state index >= 15 is 0 Å². The molecule has 5 heteroatoms. The van der Waals surface area contributed by atoms with Crippen molar-refractivity contribution in [2.75, 3.05) is 0 Å². The summed E-state index contributed by atoms with van der Waals surface area (Å²) in [6.07, 6.45) is 1.83. The maximum Gasteiger partial charge on any atom is 0.335 e. The molecule has 1 heterocycles. The number of aryl methyl sites for hydroxylation is 1. The van der Waals surface area contributed by atoms with Crippen LogP contribution in [0.3, 0.4) is 0 Å². The van der Waals surface area contributed by atoms with Crippen molar-refractivity contribution in [3.05, 3.63) is 107 Å². The van der Waals surface area contributed by atoms with Gasteiger partial charge in [0.1, 0.15) is 0 Å². The maximum absolute atomic E-state index is 11.0. The summed E-state index contributed by atoms with van der Waals surface area (Å²) in [6.45, 7) is 4.16. The van der Waals surface area contributed by atoms with Gasteiger partial charge in [-0.3, -0.25) is 4.99 Å². The highest BCUT2D eigenvalue weighted by molar-refractivity contribution is 5.88. The molecule has 0 unspecified atom stereocenters. The summed E-state index contributed by atoms with van der Waals surface area (Å²) in [5, 5.41) is 9.00.